The molecule has 1 aromatic heterocycles. The summed E-state index contributed by atoms with van der Waals surface area (Å²) < 4.78 is 1.10. The summed E-state index contributed by atoms with van der Waals surface area (Å²) in [6, 6.07) is 4.25. The Morgan fingerprint density at radius 1 is 1.54 bits per heavy atom. The number of hydrogen-bond acceptors (Lipinski definition) is 2. The van der Waals surface area contributed by atoms with Crippen LogP contribution in [0, 0.1) is 9.62 Å². The second kappa shape index (κ2) is 3.44. The van der Waals surface area contributed by atoms with E-state index < -0.39 is 0 Å². The second-order valence-electron chi connectivity index (χ2n) is 3.79. The minimum atomic E-state index is 0.725. The van der Waals surface area contributed by atoms with Gasteiger partial charge >= 0.3 is 0 Å². The molecule has 1 unspecified atom stereocenters. The predicted octanol–water partition coefficient (Wildman–Crippen LogP) is 2.31. The number of pyridine rings is 1. The lowest BCUT2D eigenvalue weighted by atomic mass is 9.99. The summed E-state index contributed by atoms with van der Waals surface area (Å²) in [6.07, 6.45) is 1.12. The quantitative estimate of drug-likeness (QED) is 0.538. The van der Waals surface area contributed by atoms with Gasteiger partial charge in [0.2, 0.25) is 0 Å². The first-order valence-electron chi connectivity index (χ1n) is 4.53. The van der Waals surface area contributed by atoms with Crippen molar-refractivity contribution in [3.8, 4) is 0 Å². The van der Waals surface area contributed by atoms with Crippen LogP contribution in [0.25, 0.3) is 0 Å². The highest BCUT2D eigenvalue weighted by Gasteiger charge is 2.19. The van der Waals surface area contributed by atoms with Crippen LogP contribution < -0.4 is 4.90 Å². The van der Waals surface area contributed by atoms with Crippen molar-refractivity contribution < 1.29 is 0 Å². The van der Waals surface area contributed by atoms with E-state index in [1.165, 1.54) is 11.4 Å². The van der Waals surface area contributed by atoms with Gasteiger partial charge in [-0.25, -0.2) is 4.98 Å². The molecule has 2 rings (SSSR count). The largest absolute Gasteiger partial charge is 0.373 e. The van der Waals surface area contributed by atoms with Crippen molar-refractivity contribution in [3.05, 3.63) is 21.5 Å². The Balaban J connectivity index is 2.43. The molecule has 0 fully saturated rings. The lowest BCUT2D eigenvalue weighted by Gasteiger charge is -2.30. The molecular formula is C10H13IN2. The smallest absolute Gasteiger partial charge is 0.101 e. The van der Waals surface area contributed by atoms with Gasteiger partial charge in [0, 0.05) is 13.6 Å². The van der Waals surface area contributed by atoms with E-state index >= 15 is 0 Å². The summed E-state index contributed by atoms with van der Waals surface area (Å²) in [5, 5.41) is 0. The average Bonchev–Trinajstić information content (AvgIpc) is 2.02. The molecule has 0 radical (unpaired) electrons. The van der Waals surface area contributed by atoms with Gasteiger partial charge in [-0.15, -0.1) is 0 Å². The number of fused-ring (bicyclic) bond motifs is 1. The fraction of sp³-hybridized carbons (Fsp3) is 0.500. The second-order valence-corrected chi connectivity index (χ2v) is 4.89. The van der Waals surface area contributed by atoms with Crippen molar-refractivity contribution in [1.82, 2.24) is 4.98 Å². The molecule has 1 aromatic rings. The Bertz CT molecular complexity index is 325. The van der Waals surface area contributed by atoms with Gasteiger partial charge in [0.15, 0.2) is 0 Å². The Morgan fingerprint density at radius 3 is 3.08 bits per heavy atom. The van der Waals surface area contributed by atoms with E-state index in [-0.39, 0.29) is 0 Å². The summed E-state index contributed by atoms with van der Waals surface area (Å²) in [7, 11) is 2.14. The predicted molar refractivity (Wildman–Crippen MR) is 63.1 cm³/mol. The summed E-state index contributed by atoms with van der Waals surface area (Å²) in [6.45, 7) is 3.43. The van der Waals surface area contributed by atoms with E-state index in [4.69, 9.17) is 0 Å². The normalized spacial score (nSPS) is 21.5. The van der Waals surface area contributed by atoms with Crippen molar-refractivity contribution in [2.45, 2.75) is 13.3 Å². The maximum atomic E-state index is 4.56. The summed E-state index contributed by atoms with van der Waals surface area (Å²) in [4.78, 5) is 6.86. The number of hydrogen-bond donors (Lipinski definition) is 0. The Kier molecular flexibility index (Phi) is 2.45. The van der Waals surface area contributed by atoms with Crippen molar-refractivity contribution in [2.24, 2.45) is 5.92 Å². The summed E-state index contributed by atoms with van der Waals surface area (Å²) >= 11 is 2.27. The van der Waals surface area contributed by atoms with Gasteiger partial charge in [-0.05, 0) is 47.1 Å². The van der Waals surface area contributed by atoms with E-state index in [0.29, 0.717) is 0 Å². The molecule has 0 aliphatic carbocycles. The fourth-order valence-electron chi connectivity index (χ4n) is 1.93. The van der Waals surface area contributed by atoms with Crippen molar-refractivity contribution in [1.29, 1.82) is 0 Å². The van der Waals surface area contributed by atoms with Crippen LogP contribution in [0.4, 0.5) is 5.69 Å². The van der Waals surface area contributed by atoms with Gasteiger partial charge in [-0.2, -0.15) is 0 Å². The molecule has 0 aromatic carbocycles. The first-order valence-corrected chi connectivity index (χ1v) is 5.61. The van der Waals surface area contributed by atoms with Gasteiger partial charge in [-0.3, -0.25) is 0 Å². The molecule has 3 heteroatoms. The van der Waals surface area contributed by atoms with Gasteiger partial charge < -0.3 is 4.90 Å². The lowest BCUT2D eigenvalue weighted by Crippen LogP contribution is -2.31. The molecule has 0 saturated heterocycles. The zero-order chi connectivity index (χ0) is 9.42. The maximum absolute atomic E-state index is 4.56. The van der Waals surface area contributed by atoms with E-state index in [1.807, 2.05) is 0 Å². The minimum absolute atomic E-state index is 0.725. The van der Waals surface area contributed by atoms with Crippen LogP contribution in [0.1, 0.15) is 12.6 Å². The van der Waals surface area contributed by atoms with Crippen molar-refractivity contribution in [2.75, 3.05) is 18.5 Å². The molecule has 70 valence electrons. The van der Waals surface area contributed by atoms with Crippen LogP contribution in [-0.2, 0) is 6.42 Å². The molecule has 0 saturated carbocycles. The standard InChI is InChI=1S/C10H13IN2/c1-7-5-8-9(13(2)6-7)3-4-10(11)12-8/h3-4,7H,5-6H2,1-2H3. The number of anilines is 1. The maximum Gasteiger partial charge on any atom is 0.101 e. The van der Waals surface area contributed by atoms with Gasteiger partial charge in [-0.1, -0.05) is 6.92 Å². The van der Waals surface area contributed by atoms with E-state index in [2.05, 4.69) is 58.6 Å². The highest BCUT2D eigenvalue weighted by molar-refractivity contribution is 14.1. The third kappa shape index (κ3) is 1.80. The topological polar surface area (TPSA) is 16.1 Å². The average molecular weight is 288 g/mol. The highest BCUT2D eigenvalue weighted by Crippen LogP contribution is 2.27. The molecule has 13 heavy (non-hydrogen) atoms. The van der Waals surface area contributed by atoms with Crippen LogP contribution in [0.3, 0.4) is 0 Å². The molecule has 0 N–H and O–H groups in total. The van der Waals surface area contributed by atoms with E-state index in [0.717, 1.165) is 22.6 Å². The van der Waals surface area contributed by atoms with Gasteiger partial charge in [0.05, 0.1) is 11.4 Å². The zero-order valence-corrected chi connectivity index (χ0v) is 10.1. The number of aromatic nitrogens is 1. The number of rotatable bonds is 0. The first-order chi connectivity index (χ1) is 6.16. The highest BCUT2D eigenvalue weighted by atomic mass is 127. The van der Waals surface area contributed by atoms with Gasteiger partial charge in [0.25, 0.3) is 0 Å². The molecule has 1 aliphatic heterocycles. The Morgan fingerprint density at radius 2 is 2.31 bits per heavy atom. The summed E-state index contributed by atoms with van der Waals surface area (Å²) in [5.74, 6) is 0.725. The molecule has 1 atom stereocenters. The summed E-state index contributed by atoms with van der Waals surface area (Å²) in [5.41, 5.74) is 2.56. The van der Waals surface area contributed by atoms with Gasteiger partial charge in [0.1, 0.15) is 3.70 Å². The third-order valence-corrected chi connectivity index (χ3v) is 3.06. The molecule has 2 nitrogen and oxygen atoms in total. The monoisotopic (exact) mass is 288 g/mol. The zero-order valence-electron chi connectivity index (χ0n) is 7.92. The SMILES string of the molecule is CC1Cc2nc(I)ccc2N(C)C1. The van der Waals surface area contributed by atoms with Crippen molar-refractivity contribution >= 4 is 28.3 Å². The Hall–Kier alpha value is -0.320. The minimum Gasteiger partial charge on any atom is -0.373 e. The van der Waals surface area contributed by atoms with Crippen LogP contribution in [0.2, 0.25) is 0 Å². The van der Waals surface area contributed by atoms with Crippen LogP contribution in [-0.4, -0.2) is 18.6 Å². The third-order valence-electron chi connectivity index (χ3n) is 2.45. The molecule has 0 amide bonds. The number of nitrogens with zero attached hydrogens (tertiary/aromatic N) is 2. The van der Waals surface area contributed by atoms with Crippen LogP contribution >= 0.6 is 22.6 Å². The molecule has 1 aliphatic rings. The first kappa shape index (κ1) is 9.24. The lowest BCUT2D eigenvalue weighted by molar-refractivity contribution is 0.541. The fourth-order valence-corrected chi connectivity index (χ4v) is 2.40. The van der Waals surface area contributed by atoms with Crippen molar-refractivity contribution in [3.63, 3.8) is 0 Å². The Labute approximate surface area is 92.5 Å². The van der Waals surface area contributed by atoms with Crippen LogP contribution in [0.15, 0.2) is 12.1 Å². The van der Waals surface area contributed by atoms with E-state index in [9.17, 15) is 0 Å². The molecule has 0 bridgehead atoms. The molecular weight excluding hydrogens is 275 g/mol. The molecule has 0 spiro atoms. The molecule has 2 heterocycles. The number of halogens is 1. The van der Waals surface area contributed by atoms with E-state index in [1.54, 1.807) is 0 Å². The van der Waals surface area contributed by atoms with Crippen LogP contribution in [0.5, 0.6) is 0 Å².